The van der Waals surface area contributed by atoms with Gasteiger partial charge in [0.1, 0.15) is 5.82 Å². The second kappa shape index (κ2) is 6.80. The van der Waals surface area contributed by atoms with Crippen LogP contribution in [0.2, 0.25) is 0 Å². The minimum atomic E-state index is 0.0407. The number of nitrogen functional groups attached to an aromatic ring is 1. The van der Waals surface area contributed by atoms with Crippen molar-refractivity contribution in [2.24, 2.45) is 0 Å². The number of ether oxygens (including phenoxy) is 1. The molecular weight excluding hydrogens is 330 g/mol. The molecule has 3 N–H and O–H groups in total. The molecule has 0 aliphatic rings. The Morgan fingerprint density at radius 1 is 1.10 bits per heavy atom. The van der Waals surface area contributed by atoms with Gasteiger partial charge in [0.05, 0.1) is 11.8 Å². The lowest BCUT2D eigenvalue weighted by Crippen LogP contribution is -2.12. The molecule has 0 amide bonds. The predicted molar refractivity (Wildman–Crippen MR) is 90.6 cm³/mol. The van der Waals surface area contributed by atoms with Crippen LogP contribution in [0.5, 0.6) is 5.88 Å². The quantitative estimate of drug-likeness (QED) is 0.840. The van der Waals surface area contributed by atoms with Gasteiger partial charge in [-0.2, -0.15) is 4.98 Å². The number of nitrogens with zero attached hydrogens (tertiary/aromatic N) is 1. The number of aromatic nitrogens is 1. The Bertz CT molecular complexity index is 599. The molecule has 0 bridgehead atoms. The van der Waals surface area contributed by atoms with Gasteiger partial charge >= 0.3 is 0 Å². The first-order chi connectivity index (χ1) is 9.95. The third-order valence-corrected chi connectivity index (χ3v) is 3.50. The molecule has 0 spiro atoms. The van der Waals surface area contributed by atoms with Gasteiger partial charge in [0, 0.05) is 10.5 Å². The summed E-state index contributed by atoms with van der Waals surface area (Å²) in [6, 6.07) is 12.0. The maximum absolute atomic E-state index is 5.88. The molecule has 5 heteroatoms. The minimum Gasteiger partial charge on any atom is -0.473 e. The van der Waals surface area contributed by atoms with Crippen molar-refractivity contribution >= 4 is 27.4 Å². The van der Waals surface area contributed by atoms with Gasteiger partial charge in [-0.05, 0) is 50.6 Å². The molecule has 0 fully saturated rings. The molecule has 1 heterocycles. The summed E-state index contributed by atoms with van der Waals surface area (Å²) < 4.78 is 6.67. The molecule has 112 valence electrons. The third-order valence-electron chi connectivity index (χ3n) is 2.97. The fraction of sp³-hybridized carbons (Fsp3) is 0.312. The van der Waals surface area contributed by atoms with E-state index in [0.29, 0.717) is 11.6 Å². The normalized spacial score (nSPS) is 12.2. The Balaban J connectivity index is 2.13. The van der Waals surface area contributed by atoms with Crippen LogP contribution in [-0.2, 0) is 0 Å². The van der Waals surface area contributed by atoms with E-state index in [1.165, 1.54) is 5.56 Å². The van der Waals surface area contributed by atoms with Crippen molar-refractivity contribution < 1.29 is 4.74 Å². The Morgan fingerprint density at radius 3 is 2.38 bits per heavy atom. The Hall–Kier alpha value is -1.75. The summed E-state index contributed by atoms with van der Waals surface area (Å²) in [5.41, 5.74) is 7.61. The van der Waals surface area contributed by atoms with Gasteiger partial charge in [-0.15, -0.1) is 0 Å². The molecule has 0 aliphatic heterocycles. The molecule has 0 aliphatic carbocycles. The SMILES string of the molecule is CC(C)Oc1nc(NC(C)c2ccc(Br)cc2)ccc1N. The zero-order chi connectivity index (χ0) is 15.4. The van der Waals surface area contributed by atoms with Crippen LogP contribution >= 0.6 is 15.9 Å². The highest BCUT2D eigenvalue weighted by Crippen LogP contribution is 2.25. The van der Waals surface area contributed by atoms with Crippen LogP contribution in [-0.4, -0.2) is 11.1 Å². The number of rotatable bonds is 5. The minimum absolute atomic E-state index is 0.0407. The van der Waals surface area contributed by atoms with Crippen molar-refractivity contribution in [2.45, 2.75) is 32.9 Å². The van der Waals surface area contributed by atoms with E-state index in [9.17, 15) is 0 Å². The number of halogens is 1. The molecule has 1 unspecified atom stereocenters. The van der Waals surface area contributed by atoms with Crippen molar-refractivity contribution in [1.29, 1.82) is 0 Å². The van der Waals surface area contributed by atoms with Crippen LogP contribution in [0.1, 0.15) is 32.4 Å². The van der Waals surface area contributed by atoms with Crippen LogP contribution in [0.25, 0.3) is 0 Å². The summed E-state index contributed by atoms with van der Waals surface area (Å²) in [5.74, 6) is 1.22. The highest BCUT2D eigenvalue weighted by Gasteiger charge is 2.10. The average molecular weight is 350 g/mol. The van der Waals surface area contributed by atoms with E-state index >= 15 is 0 Å². The summed E-state index contributed by atoms with van der Waals surface area (Å²) in [4.78, 5) is 4.43. The Kier molecular flexibility index (Phi) is 5.07. The van der Waals surface area contributed by atoms with Crippen molar-refractivity contribution in [3.8, 4) is 5.88 Å². The molecule has 0 saturated heterocycles. The molecule has 4 nitrogen and oxygen atoms in total. The van der Waals surface area contributed by atoms with Crippen LogP contribution in [0.4, 0.5) is 11.5 Å². The van der Waals surface area contributed by atoms with Gasteiger partial charge in [-0.3, -0.25) is 0 Å². The first-order valence-electron chi connectivity index (χ1n) is 6.91. The van der Waals surface area contributed by atoms with E-state index < -0.39 is 0 Å². The topological polar surface area (TPSA) is 60.2 Å². The van der Waals surface area contributed by atoms with E-state index in [-0.39, 0.29) is 12.1 Å². The lowest BCUT2D eigenvalue weighted by atomic mass is 10.1. The number of benzene rings is 1. The van der Waals surface area contributed by atoms with Gasteiger partial charge in [-0.1, -0.05) is 28.1 Å². The number of anilines is 2. The van der Waals surface area contributed by atoms with Crippen molar-refractivity contribution in [2.75, 3.05) is 11.1 Å². The summed E-state index contributed by atoms with van der Waals surface area (Å²) in [6.45, 7) is 5.99. The van der Waals surface area contributed by atoms with Crippen molar-refractivity contribution in [1.82, 2.24) is 4.98 Å². The van der Waals surface area contributed by atoms with E-state index in [0.717, 1.165) is 10.3 Å². The Labute approximate surface area is 133 Å². The van der Waals surface area contributed by atoms with Crippen molar-refractivity contribution in [3.05, 3.63) is 46.4 Å². The van der Waals surface area contributed by atoms with Crippen LogP contribution < -0.4 is 15.8 Å². The lowest BCUT2D eigenvalue weighted by Gasteiger charge is -2.17. The fourth-order valence-corrected chi connectivity index (χ4v) is 2.17. The van der Waals surface area contributed by atoms with E-state index in [4.69, 9.17) is 10.5 Å². The number of pyridine rings is 1. The second-order valence-corrected chi connectivity index (χ2v) is 6.09. The monoisotopic (exact) mass is 349 g/mol. The first kappa shape index (κ1) is 15.6. The largest absolute Gasteiger partial charge is 0.473 e. The van der Waals surface area contributed by atoms with Gasteiger partial charge < -0.3 is 15.8 Å². The van der Waals surface area contributed by atoms with Crippen LogP contribution in [0.3, 0.4) is 0 Å². The van der Waals surface area contributed by atoms with E-state index in [1.807, 2.05) is 32.0 Å². The lowest BCUT2D eigenvalue weighted by molar-refractivity contribution is 0.234. The zero-order valence-corrected chi connectivity index (χ0v) is 14.0. The predicted octanol–water partition coefficient (Wildman–Crippen LogP) is 4.39. The van der Waals surface area contributed by atoms with Crippen LogP contribution in [0.15, 0.2) is 40.9 Å². The molecule has 0 radical (unpaired) electrons. The van der Waals surface area contributed by atoms with E-state index in [1.54, 1.807) is 6.07 Å². The first-order valence-corrected chi connectivity index (χ1v) is 7.70. The molecule has 1 atom stereocenters. The molecule has 2 aromatic rings. The summed E-state index contributed by atoms with van der Waals surface area (Å²) >= 11 is 3.44. The second-order valence-electron chi connectivity index (χ2n) is 5.18. The smallest absolute Gasteiger partial charge is 0.239 e. The maximum atomic E-state index is 5.88. The number of hydrogen-bond donors (Lipinski definition) is 2. The van der Waals surface area contributed by atoms with Gasteiger partial charge in [0.2, 0.25) is 5.88 Å². The van der Waals surface area contributed by atoms with Gasteiger partial charge in [-0.25, -0.2) is 0 Å². The van der Waals surface area contributed by atoms with E-state index in [2.05, 4.69) is 45.3 Å². The highest BCUT2D eigenvalue weighted by molar-refractivity contribution is 9.10. The molecule has 2 rings (SSSR count). The fourth-order valence-electron chi connectivity index (χ4n) is 1.91. The Morgan fingerprint density at radius 2 is 1.76 bits per heavy atom. The van der Waals surface area contributed by atoms with Gasteiger partial charge in [0.25, 0.3) is 0 Å². The molecule has 1 aromatic carbocycles. The summed E-state index contributed by atoms with van der Waals surface area (Å²) in [7, 11) is 0. The number of nitrogens with one attached hydrogen (secondary N) is 1. The molecule has 0 saturated carbocycles. The average Bonchev–Trinajstić information content (AvgIpc) is 2.42. The molecule has 1 aromatic heterocycles. The summed E-state index contributed by atoms with van der Waals surface area (Å²) in [6.07, 6.45) is 0.0407. The maximum Gasteiger partial charge on any atom is 0.239 e. The highest BCUT2D eigenvalue weighted by atomic mass is 79.9. The summed E-state index contributed by atoms with van der Waals surface area (Å²) in [5, 5.41) is 3.36. The molecular formula is C16H20BrN3O. The van der Waals surface area contributed by atoms with Crippen LogP contribution in [0, 0.1) is 0 Å². The van der Waals surface area contributed by atoms with Crippen molar-refractivity contribution in [3.63, 3.8) is 0 Å². The number of hydrogen-bond acceptors (Lipinski definition) is 4. The third kappa shape index (κ3) is 4.36. The number of nitrogens with two attached hydrogens (primary N) is 1. The molecule has 21 heavy (non-hydrogen) atoms. The van der Waals surface area contributed by atoms with Gasteiger partial charge in [0.15, 0.2) is 0 Å². The standard InChI is InChI=1S/C16H20BrN3O/c1-10(2)21-16-14(18)8-9-15(20-16)19-11(3)12-4-6-13(17)7-5-12/h4-11H,18H2,1-3H3,(H,19,20). The zero-order valence-electron chi connectivity index (χ0n) is 12.4.